The lowest BCUT2D eigenvalue weighted by Crippen LogP contribution is -2.22. The summed E-state index contributed by atoms with van der Waals surface area (Å²) in [6.07, 6.45) is 1.93. The van der Waals surface area contributed by atoms with E-state index >= 15 is 0 Å². The van der Waals surface area contributed by atoms with Crippen LogP contribution in [0.15, 0.2) is 35.1 Å². The third kappa shape index (κ3) is 3.53. The second-order valence-corrected chi connectivity index (χ2v) is 6.74. The fourth-order valence-electron chi connectivity index (χ4n) is 2.91. The van der Waals surface area contributed by atoms with E-state index in [1.807, 2.05) is 0 Å². The first-order valence-electron chi connectivity index (χ1n) is 8.76. The zero-order chi connectivity index (χ0) is 20.7. The normalized spacial score (nSPS) is 13.5. The third-order valence-corrected chi connectivity index (χ3v) is 4.57. The van der Waals surface area contributed by atoms with Crippen LogP contribution < -0.4 is 10.9 Å². The first kappa shape index (κ1) is 18.9. The van der Waals surface area contributed by atoms with Crippen LogP contribution in [0.25, 0.3) is 11.1 Å². The van der Waals surface area contributed by atoms with E-state index in [0.717, 1.165) is 17.6 Å². The molecule has 1 aliphatic rings. The number of nitrogens with one attached hydrogen (secondary N) is 2. The topological polar surface area (TPSA) is 79.8 Å². The lowest BCUT2D eigenvalue weighted by atomic mass is 10.0. The molecule has 10 heteroatoms. The van der Waals surface area contributed by atoms with E-state index < -0.39 is 51.7 Å². The number of rotatable bonds is 5. The highest BCUT2D eigenvalue weighted by Crippen LogP contribution is 2.34. The molecular weight excluding hydrogens is 392 g/mol. The summed E-state index contributed by atoms with van der Waals surface area (Å²) < 4.78 is 57.8. The number of aromatic nitrogens is 3. The number of nitrogens with zero attached hydrogens (tertiary/aromatic N) is 2. The van der Waals surface area contributed by atoms with E-state index in [2.05, 4.69) is 10.2 Å². The van der Waals surface area contributed by atoms with Crippen molar-refractivity contribution in [1.82, 2.24) is 15.0 Å². The monoisotopic (exact) mass is 406 g/mol. The maximum atomic E-state index is 14.5. The zero-order valence-electron chi connectivity index (χ0n) is 14.8. The number of halogens is 4. The molecule has 1 saturated carbocycles. The Bertz CT molecular complexity index is 1120. The van der Waals surface area contributed by atoms with E-state index in [1.54, 1.807) is 11.4 Å². The molecule has 4 rings (SSSR count). The van der Waals surface area contributed by atoms with Crippen LogP contribution in [0.4, 0.5) is 23.2 Å². The van der Waals surface area contributed by atoms with Crippen LogP contribution in [0.3, 0.4) is 0 Å². The van der Waals surface area contributed by atoms with Crippen molar-refractivity contribution in [2.75, 3.05) is 5.32 Å². The molecule has 2 N–H and O–H groups in total. The molecule has 1 aromatic heterocycles. The van der Waals surface area contributed by atoms with Crippen LogP contribution in [0.5, 0.6) is 0 Å². The Morgan fingerprint density at radius 2 is 1.69 bits per heavy atom. The summed E-state index contributed by atoms with van der Waals surface area (Å²) >= 11 is 0. The molecule has 6 nitrogen and oxygen atoms in total. The highest BCUT2D eigenvalue weighted by atomic mass is 19.2. The molecule has 0 radical (unpaired) electrons. The summed E-state index contributed by atoms with van der Waals surface area (Å²) in [5.74, 6) is -7.86. The van der Waals surface area contributed by atoms with Crippen LogP contribution in [0.1, 0.15) is 23.3 Å². The fraction of sp³-hybridized carbons (Fsp3) is 0.211. The van der Waals surface area contributed by atoms with Gasteiger partial charge in [0.2, 0.25) is 5.69 Å². The van der Waals surface area contributed by atoms with Gasteiger partial charge in [0.1, 0.15) is 5.69 Å². The molecule has 0 atom stereocenters. The van der Waals surface area contributed by atoms with Gasteiger partial charge in [-0.3, -0.25) is 9.59 Å². The minimum atomic E-state index is -1.79. The molecule has 2 aromatic carbocycles. The molecule has 0 bridgehead atoms. The Morgan fingerprint density at radius 3 is 2.28 bits per heavy atom. The van der Waals surface area contributed by atoms with Gasteiger partial charge in [0.05, 0.1) is 12.1 Å². The third-order valence-electron chi connectivity index (χ3n) is 4.57. The minimum Gasteiger partial charge on any atom is -0.315 e. The van der Waals surface area contributed by atoms with Crippen LogP contribution in [-0.2, 0) is 6.54 Å². The average molecular weight is 406 g/mol. The maximum Gasteiger partial charge on any atom is 0.297 e. The smallest absolute Gasteiger partial charge is 0.297 e. The molecule has 150 valence electrons. The maximum absolute atomic E-state index is 14.5. The number of anilines is 1. The Morgan fingerprint density at radius 1 is 1.07 bits per heavy atom. The van der Waals surface area contributed by atoms with Crippen molar-refractivity contribution in [3.8, 4) is 11.1 Å². The first-order valence-corrected chi connectivity index (χ1v) is 8.76. The SMILES string of the molecule is O=C(Nc1c(F)c(F)c(-c2ccccc2)c(F)c1F)c1nn(CC2CC2)[nH]c1=O. The number of carbonyl (C=O) groups is 1. The Labute approximate surface area is 161 Å². The van der Waals surface area contributed by atoms with Crippen molar-refractivity contribution >= 4 is 11.6 Å². The van der Waals surface area contributed by atoms with Gasteiger partial charge >= 0.3 is 0 Å². The van der Waals surface area contributed by atoms with Gasteiger partial charge in [-0.15, -0.1) is 5.10 Å². The predicted octanol–water partition coefficient (Wildman–Crippen LogP) is 3.46. The lowest BCUT2D eigenvalue weighted by Gasteiger charge is -2.12. The molecule has 3 aromatic rings. The van der Waals surface area contributed by atoms with Crippen molar-refractivity contribution in [2.45, 2.75) is 19.4 Å². The van der Waals surface area contributed by atoms with Gasteiger partial charge in [0.25, 0.3) is 11.5 Å². The quantitative estimate of drug-likeness (QED) is 0.503. The van der Waals surface area contributed by atoms with Crippen molar-refractivity contribution in [2.24, 2.45) is 5.92 Å². The minimum absolute atomic E-state index is 0.0755. The lowest BCUT2D eigenvalue weighted by molar-refractivity contribution is 0.101. The van der Waals surface area contributed by atoms with Crippen LogP contribution >= 0.6 is 0 Å². The molecule has 0 saturated heterocycles. The summed E-state index contributed by atoms with van der Waals surface area (Å²) in [6, 6.07) is 7.03. The molecule has 0 spiro atoms. The van der Waals surface area contributed by atoms with Gasteiger partial charge in [0, 0.05) is 0 Å². The fourth-order valence-corrected chi connectivity index (χ4v) is 2.91. The van der Waals surface area contributed by atoms with E-state index in [4.69, 9.17) is 0 Å². The summed E-state index contributed by atoms with van der Waals surface area (Å²) in [7, 11) is 0. The summed E-state index contributed by atoms with van der Waals surface area (Å²) in [5.41, 5.74) is -3.86. The van der Waals surface area contributed by atoms with Crippen molar-refractivity contribution in [3.63, 3.8) is 0 Å². The number of H-pyrrole nitrogens is 1. The molecule has 0 aliphatic heterocycles. The highest BCUT2D eigenvalue weighted by molar-refractivity contribution is 6.02. The molecule has 0 unspecified atom stereocenters. The van der Waals surface area contributed by atoms with E-state index in [0.29, 0.717) is 12.5 Å². The Hall–Kier alpha value is -3.43. The largest absolute Gasteiger partial charge is 0.315 e. The predicted molar refractivity (Wildman–Crippen MR) is 95.2 cm³/mol. The number of benzene rings is 2. The highest BCUT2D eigenvalue weighted by Gasteiger charge is 2.29. The Kier molecular flexibility index (Phi) is 4.69. The van der Waals surface area contributed by atoms with Crippen molar-refractivity contribution in [3.05, 3.63) is 69.6 Å². The van der Waals surface area contributed by atoms with Crippen LogP contribution in [0, 0.1) is 29.2 Å². The van der Waals surface area contributed by atoms with Crippen molar-refractivity contribution in [1.29, 1.82) is 0 Å². The molecule has 1 heterocycles. The molecular formula is C19H14F4N4O2. The molecule has 29 heavy (non-hydrogen) atoms. The number of amides is 1. The van der Waals surface area contributed by atoms with Gasteiger partial charge in [-0.2, -0.15) is 0 Å². The first-order chi connectivity index (χ1) is 13.9. The average Bonchev–Trinajstić information content (AvgIpc) is 3.44. The standard InChI is InChI=1S/C19H14F4N4O2/c20-12-11(10-4-2-1-3-5-10)13(21)15(23)16(14(12)22)24-18(28)17-19(29)26-27(25-17)8-9-6-7-9/h1-5,9H,6-8H2,(H,24,28)(H,26,29). The van der Waals surface area contributed by atoms with Gasteiger partial charge in [-0.25, -0.2) is 27.5 Å². The second-order valence-electron chi connectivity index (χ2n) is 6.74. The van der Waals surface area contributed by atoms with E-state index in [-0.39, 0.29) is 5.56 Å². The van der Waals surface area contributed by atoms with E-state index in [9.17, 15) is 27.2 Å². The number of carbonyl (C=O) groups excluding carboxylic acids is 1. The number of hydrogen-bond donors (Lipinski definition) is 2. The van der Waals surface area contributed by atoms with Gasteiger partial charge in [-0.1, -0.05) is 30.3 Å². The number of aromatic amines is 1. The van der Waals surface area contributed by atoms with Gasteiger partial charge < -0.3 is 5.32 Å². The second kappa shape index (κ2) is 7.19. The zero-order valence-corrected chi connectivity index (χ0v) is 14.8. The Balaban J connectivity index is 1.68. The molecule has 1 fully saturated rings. The van der Waals surface area contributed by atoms with E-state index in [1.165, 1.54) is 24.3 Å². The van der Waals surface area contributed by atoms with Crippen LogP contribution in [0.2, 0.25) is 0 Å². The van der Waals surface area contributed by atoms with Gasteiger partial charge in [-0.05, 0) is 24.3 Å². The summed E-state index contributed by atoms with van der Waals surface area (Å²) in [6.45, 7) is 0.389. The van der Waals surface area contributed by atoms with Crippen molar-refractivity contribution < 1.29 is 22.4 Å². The molecule has 1 amide bonds. The summed E-state index contributed by atoms with van der Waals surface area (Å²) in [5, 5.41) is 7.79. The van der Waals surface area contributed by atoms with Gasteiger partial charge in [0.15, 0.2) is 23.3 Å². The van der Waals surface area contributed by atoms with Crippen LogP contribution in [-0.4, -0.2) is 20.9 Å². The molecule has 1 aliphatic carbocycles. The summed E-state index contributed by atoms with van der Waals surface area (Å²) in [4.78, 5) is 25.3. The number of hydrogen-bond acceptors (Lipinski definition) is 3.